The van der Waals surface area contributed by atoms with Gasteiger partial charge in [0.05, 0.1) is 47.6 Å². The summed E-state index contributed by atoms with van der Waals surface area (Å²) in [5.41, 5.74) is 3.09. The Labute approximate surface area is 178 Å². The van der Waals surface area contributed by atoms with Gasteiger partial charge >= 0.3 is 0 Å². The van der Waals surface area contributed by atoms with Gasteiger partial charge in [0.25, 0.3) is 5.88 Å². The van der Waals surface area contributed by atoms with E-state index in [1.165, 1.54) is 37.2 Å². The lowest BCUT2D eigenvalue weighted by molar-refractivity contribution is 0.343. The fourth-order valence-corrected chi connectivity index (χ4v) is 3.93. The second-order valence-corrected chi connectivity index (χ2v) is 9.01. The molecule has 0 aliphatic carbocycles. The zero-order chi connectivity index (χ0) is 22.3. The summed E-state index contributed by atoms with van der Waals surface area (Å²) in [4.78, 5) is 13.0. The summed E-state index contributed by atoms with van der Waals surface area (Å²) in [6.07, 6.45) is 7.12. The number of methoxy groups -OCH3 is 2. The number of aryl methyl sites for hydroxylation is 1. The molecular formula is C21H20N4O5S. The summed E-state index contributed by atoms with van der Waals surface area (Å²) in [6, 6.07) is 5.06. The maximum atomic E-state index is 11.9. The van der Waals surface area contributed by atoms with Gasteiger partial charge < -0.3 is 14.6 Å². The number of fused-ring (bicyclic) bond motifs is 1. The first-order valence-electron chi connectivity index (χ1n) is 9.18. The van der Waals surface area contributed by atoms with E-state index in [0.29, 0.717) is 33.9 Å². The SMILES string of the molecule is COc1cc(-c2cc(C)c3c(O)n(-c4cncc(S(C)(=O)=O)c4)cc3n2)cnc1OC. The van der Waals surface area contributed by atoms with Gasteiger partial charge in [-0.1, -0.05) is 0 Å². The number of sulfone groups is 1. The van der Waals surface area contributed by atoms with Crippen LogP contribution in [-0.2, 0) is 9.84 Å². The van der Waals surface area contributed by atoms with E-state index in [1.54, 1.807) is 18.5 Å². The molecule has 0 saturated heterocycles. The van der Waals surface area contributed by atoms with Gasteiger partial charge in [-0.15, -0.1) is 0 Å². The molecular weight excluding hydrogens is 420 g/mol. The zero-order valence-electron chi connectivity index (χ0n) is 17.3. The Hall–Kier alpha value is -3.66. The van der Waals surface area contributed by atoms with E-state index in [2.05, 4.69) is 15.0 Å². The summed E-state index contributed by atoms with van der Waals surface area (Å²) in [5, 5.41) is 11.4. The number of rotatable bonds is 5. The van der Waals surface area contributed by atoms with Crippen LogP contribution in [0.5, 0.6) is 17.5 Å². The zero-order valence-corrected chi connectivity index (χ0v) is 18.1. The van der Waals surface area contributed by atoms with Gasteiger partial charge in [0, 0.05) is 30.4 Å². The molecule has 0 aliphatic rings. The first-order chi connectivity index (χ1) is 14.7. The summed E-state index contributed by atoms with van der Waals surface area (Å²) in [6.45, 7) is 1.86. The maximum Gasteiger partial charge on any atom is 0.256 e. The van der Waals surface area contributed by atoms with Gasteiger partial charge in [0.15, 0.2) is 15.6 Å². The fourth-order valence-electron chi connectivity index (χ4n) is 3.34. The van der Waals surface area contributed by atoms with Gasteiger partial charge in [-0.25, -0.2) is 18.4 Å². The Balaban J connectivity index is 1.87. The van der Waals surface area contributed by atoms with Crippen molar-refractivity contribution < 1.29 is 23.0 Å². The Bertz CT molecular complexity index is 1410. The number of pyridine rings is 3. The van der Waals surface area contributed by atoms with Crippen molar-refractivity contribution in [3.05, 3.63) is 48.5 Å². The third-order valence-corrected chi connectivity index (χ3v) is 5.96. The van der Waals surface area contributed by atoms with Crippen LogP contribution in [0.15, 0.2) is 47.9 Å². The van der Waals surface area contributed by atoms with Crippen molar-refractivity contribution in [2.45, 2.75) is 11.8 Å². The topological polar surface area (TPSA) is 116 Å². The molecule has 9 nitrogen and oxygen atoms in total. The van der Waals surface area contributed by atoms with Gasteiger partial charge in [-0.3, -0.25) is 9.55 Å². The van der Waals surface area contributed by atoms with Crippen molar-refractivity contribution in [3.63, 3.8) is 0 Å². The van der Waals surface area contributed by atoms with Crippen LogP contribution < -0.4 is 9.47 Å². The first kappa shape index (κ1) is 20.6. The third-order valence-electron chi connectivity index (χ3n) is 4.88. The molecule has 0 amide bonds. The van der Waals surface area contributed by atoms with Gasteiger partial charge in [-0.05, 0) is 30.7 Å². The second kappa shape index (κ2) is 7.55. The van der Waals surface area contributed by atoms with Crippen LogP contribution >= 0.6 is 0 Å². The highest BCUT2D eigenvalue weighted by Crippen LogP contribution is 2.35. The molecule has 160 valence electrons. The van der Waals surface area contributed by atoms with Crippen molar-refractivity contribution in [2.24, 2.45) is 0 Å². The number of aromatic hydroxyl groups is 1. The molecule has 0 atom stereocenters. The molecule has 0 spiro atoms. The lowest BCUT2D eigenvalue weighted by Crippen LogP contribution is -2.00. The van der Waals surface area contributed by atoms with Crippen molar-refractivity contribution in [3.8, 4) is 34.5 Å². The molecule has 4 rings (SSSR count). The van der Waals surface area contributed by atoms with Crippen LogP contribution in [0.4, 0.5) is 0 Å². The highest BCUT2D eigenvalue weighted by atomic mass is 32.2. The normalized spacial score (nSPS) is 11.6. The van der Waals surface area contributed by atoms with E-state index in [0.717, 1.165) is 17.4 Å². The molecule has 0 aliphatic heterocycles. The Morgan fingerprint density at radius 3 is 2.52 bits per heavy atom. The minimum atomic E-state index is -3.44. The average molecular weight is 440 g/mol. The Morgan fingerprint density at radius 1 is 1.06 bits per heavy atom. The number of nitrogens with zero attached hydrogens (tertiary/aromatic N) is 4. The largest absolute Gasteiger partial charge is 0.494 e. The smallest absolute Gasteiger partial charge is 0.256 e. The molecule has 10 heteroatoms. The standard InChI is InChI=1S/C21H20N4O5S/c1-12-5-16(13-6-18(29-2)20(30-3)23-8-13)24-17-11-25(21(26)19(12)17)14-7-15(10-22-9-14)31(4,27)28/h5-11,26H,1-4H3. The number of ether oxygens (including phenoxy) is 2. The van der Waals surface area contributed by atoms with E-state index >= 15 is 0 Å². The van der Waals surface area contributed by atoms with Crippen LogP contribution in [0.2, 0.25) is 0 Å². The molecule has 31 heavy (non-hydrogen) atoms. The lowest BCUT2D eigenvalue weighted by atomic mass is 10.1. The molecule has 0 radical (unpaired) electrons. The number of hydrogen-bond donors (Lipinski definition) is 1. The Morgan fingerprint density at radius 2 is 1.84 bits per heavy atom. The number of aromatic nitrogens is 4. The first-order valence-corrected chi connectivity index (χ1v) is 11.1. The number of hydrogen-bond acceptors (Lipinski definition) is 8. The molecule has 0 bridgehead atoms. The van der Waals surface area contributed by atoms with Gasteiger partial charge in [0.2, 0.25) is 5.88 Å². The molecule has 1 N–H and O–H groups in total. The second-order valence-electron chi connectivity index (χ2n) is 6.99. The van der Waals surface area contributed by atoms with E-state index in [1.807, 2.05) is 13.0 Å². The van der Waals surface area contributed by atoms with Crippen molar-refractivity contribution in [1.82, 2.24) is 19.5 Å². The van der Waals surface area contributed by atoms with Crippen LogP contribution in [-0.4, -0.2) is 53.5 Å². The molecule has 0 saturated carbocycles. The van der Waals surface area contributed by atoms with Crippen LogP contribution in [0, 0.1) is 6.92 Å². The molecule has 0 aromatic carbocycles. The molecule has 0 fully saturated rings. The maximum absolute atomic E-state index is 11.9. The summed E-state index contributed by atoms with van der Waals surface area (Å²) in [5.74, 6) is 0.791. The van der Waals surface area contributed by atoms with E-state index in [9.17, 15) is 13.5 Å². The van der Waals surface area contributed by atoms with E-state index < -0.39 is 9.84 Å². The molecule has 4 aromatic rings. The average Bonchev–Trinajstić information content (AvgIpc) is 3.09. The van der Waals surface area contributed by atoms with Crippen LogP contribution in [0.3, 0.4) is 0 Å². The van der Waals surface area contributed by atoms with E-state index in [4.69, 9.17) is 9.47 Å². The van der Waals surface area contributed by atoms with Crippen LogP contribution in [0.1, 0.15) is 5.56 Å². The molecule has 0 unspecified atom stereocenters. The fraction of sp³-hybridized carbons (Fsp3) is 0.190. The van der Waals surface area contributed by atoms with E-state index in [-0.39, 0.29) is 10.8 Å². The monoisotopic (exact) mass is 440 g/mol. The lowest BCUT2D eigenvalue weighted by Gasteiger charge is -2.09. The predicted octanol–water partition coefficient (Wildman–Crippen LogP) is 2.92. The van der Waals surface area contributed by atoms with Gasteiger partial charge in [0.1, 0.15) is 0 Å². The third kappa shape index (κ3) is 3.66. The summed E-state index contributed by atoms with van der Waals surface area (Å²) in [7, 11) is -0.400. The summed E-state index contributed by atoms with van der Waals surface area (Å²) >= 11 is 0. The minimum Gasteiger partial charge on any atom is -0.494 e. The summed E-state index contributed by atoms with van der Waals surface area (Å²) < 4.78 is 35.7. The highest BCUT2D eigenvalue weighted by Gasteiger charge is 2.18. The minimum absolute atomic E-state index is 0.0514. The Kier molecular flexibility index (Phi) is 5.02. The van der Waals surface area contributed by atoms with Crippen molar-refractivity contribution in [2.75, 3.05) is 20.5 Å². The van der Waals surface area contributed by atoms with Crippen molar-refractivity contribution in [1.29, 1.82) is 0 Å². The van der Waals surface area contributed by atoms with Gasteiger partial charge in [-0.2, -0.15) is 0 Å². The van der Waals surface area contributed by atoms with Crippen LogP contribution in [0.25, 0.3) is 27.8 Å². The quantitative estimate of drug-likeness (QED) is 0.504. The van der Waals surface area contributed by atoms with Crippen molar-refractivity contribution >= 4 is 20.7 Å². The molecule has 4 aromatic heterocycles. The predicted molar refractivity (Wildman–Crippen MR) is 115 cm³/mol. The molecule has 4 heterocycles. The highest BCUT2D eigenvalue weighted by molar-refractivity contribution is 7.90.